The second-order valence-corrected chi connectivity index (χ2v) is 8.24. The molecule has 8 heteroatoms. The number of carbonyl (C=O) groups excluding carboxylic acids is 2. The quantitative estimate of drug-likeness (QED) is 0.372. The molecule has 1 aliphatic carbocycles. The Balaban J connectivity index is 1.79. The number of aliphatic hydroxyl groups excluding tert-OH is 3. The number of phenols is 1. The van der Waals surface area contributed by atoms with Gasteiger partial charge in [-0.1, -0.05) is 36.4 Å². The highest BCUT2D eigenvalue weighted by atomic mass is 16.5. The van der Waals surface area contributed by atoms with Crippen molar-refractivity contribution in [3.63, 3.8) is 0 Å². The van der Waals surface area contributed by atoms with Crippen LogP contribution in [0.3, 0.4) is 0 Å². The summed E-state index contributed by atoms with van der Waals surface area (Å²) >= 11 is 0. The number of carbonyl (C=O) groups is 2. The van der Waals surface area contributed by atoms with E-state index >= 15 is 0 Å². The predicted molar refractivity (Wildman–Crippen MR) is 117 cm³/mol. The van der Waals surface area contributed by atoms with Crippen LogP contribution < -0.4 is 4.74 Å². The van der Waals surface area contributed by atoms with Gasteiger partial charge in [0.25, 0.3) is 0 Å². The molecule has 1 heterocycles. The van der Waals surface area contributed by atoms with Gasteiger partial charge in [-0.15, -0.1) is 0 Å². The van der Waals surface area contributed by atoms with Crippen molar-refractivity contribution in [2.45, 2.75) is 30.8 Å². The van der Waals surface area contributed by atoms with Crippen LogP contribution in [0.5, 0.6) is 11.5 Å². The van der Waals surface area contributed by atoms with E-state index in [1.807, 2.05) is 0 Å². The molecule has 1 aliphatic heterocycles. The van der Waals surface area contributed by atoms with E-state index in [2.05, 4.69) is 0 Å². The fourth-order valence-corrected chi connectivity index (χ4v) is 4.91. The Labute approximate surface area is 188 Å². The summed E-state index contributed by atoms with van der Waals surface area (Å²) in [5, 5.41) is 42.4. The Morgan fingerprint density at radius 1 is 0.970 bits per heavy atom. The largest absolute Gasteiger partial charge is 0.507 e. The van der Waals surface area contributed by atoms with Crippen LogP contribution in [-0.4, -0.2) is 64.0 Å². The Hall–Kier alpha value is -3.30. The van der Waals surface area contributed by atoms with Crippen LogP contribution in [0.15, 0.2) is 42.5 Å². The number of methoxy groups -OCH3 is 1. The molecule has 0 spiro atoms. The van der Waals surface area contributed by atoms with Gasteiger partial charge in [-0.3, -0.25) is 9.59 Å². The van der Waals surface area contributed by atoms with Gasteiger partial charge in [0.05, 0.1) is 37.1 Å². The highest BCUT2D eigenvalue weighted by Crippen LogP contribution is 2.47. The van der Waals surface area contributed by atoms with Gasteiger partial charge in [-0.2, -0.15) is 0 Å². The summed E-state index contributed by atoms with van der Waals surface area (Å²) in [6.45, 7) is -0.541. The zero-order valence-electron chi connectivity index (χ0n) is 17.7. The van der Waals surface area contributed by atoms with Gasteiger partial charge in [0.15, 0.2) is 5.78 Å². The van der Waals surface area contributed by atoms with Crippen molar-refractivity contribution in [1.82, 2.24) is 0 Å². The summed E-state index contributed by atoms with van der Waals surface area (Å²) in [5.41, 5.74) is 0.413. The van der Waals surface area contributed by atoms with E-state index in [0.29, 0.717) is 10.8 Å². The number of fused-ring (bicyclic) bond motifs is 4. The molecule has 5 rings (SSSR count). The van der Waals surface area contributed by atoms with Crippen LogP contribution in [0.25, 0.3) is 10.8 Å². The molecule has 0 bridgehead atoms. The molecule has 0 unspecified atom stereocenters. The summed E-state index contributed by atoms with van der Waals surface area (Å²) in [7, 11) is 1.39. The maximum absolute atomic E-state index is 13.6. The fraction of sp³-hybridized carbons (Fsp3) is 0.280. The summed E-state index contributed by atoms with van der Waals surface area (Å²) in [6, 6.07) is 11.6. The smallest absolute Gasteiger partial charge is 0.202 e. The molecule has 0 saturated carbocycles. The van der Waals surface area contributed by atoms with Gasteiger partial charge in [0, 0.05) is 23.1 Å². The van der Waals surface area contributed by atoms with Gasteiger partial charge in [0.1, 0.15) is 23.7 Å². The molecule has 4 N–H and O–H groups in total. The van der Waals surface area contributed by atoms with Crippen molar-refractivity contribution in [2.24, 2.45) is 0 Å². The van der Waals surface area contributed by atoms with Crippen molar-refractivity contribution in [3.05, 3.63) is 70.3 Å². The van der Waals surface area contributed by atoms with Crippen molar-refractivity contribution in [3.8, 4) is 11.5 Å². The Morgan fingerprint density at radius 2 is 1.70 bits per heavy atom. The van der Waals surface area contributed by atoms with Crippen molar-refractivity contribution >= 4 is 22.3 Å². The standard InChI is InChI=1S/C25H22O8/c1-32-15-8-4-7-13-19(15)25(31)21-20(22(13)28)12-6-3-2-5-11(12)18(24(21)30)16-9-14(27)23(29)17(10-26)33-16/h2-8,14,16-17,23,26-27,29-30H,9-10H2,1H3/t14-,16-,17-,23+/m1/s1. The number of aliphatic hydroxyl groups is 3. The maximum atomic E-state index is 13.6. The van der Waals surface area contributed by atoms with Gasteiger partial charge < -0.3 is 29.9 Å². The summed E-state index contributed by atoms with van der Waals surface area (Å²) < 4.78 is 11.1. The number of aromatic hydroxyl groups is 1. The Bertz CT molecular complexity index is 1300. The Kier molecular flexibility index (Phi) is 5.18. The second-order valence-electron chi connectivity index (χ2n) is 8.24. The first-order valence-electron chi connectivity index (χ1n) is 10.5. The molecular weight excluding hydrogens is 428 g/mol. The first-order chi connectivity index (χ1) is 15.9. The highest BCUT2D eigenvalue weighted by Gasteiger charge is 2.42. The number of benzene rings is 3. The minimum atomic E-state index is -1.29. The topological polar surface area (TPSA) is 134 Å². The maximum Gasteiger partial charge on any atom is 0.202 e. The van der Waals surface area contributed by atoms with Crippen LogP contribution in [-0.2, 0) is 4.74 Å². The van der Waals surface area contributed by atoms with E-state index in [1.54, 1.807) is 42.5 Å². The minimum Gasteiger partial charge on any atom is -0.507 e. The number of rotatable bonds is 3. The zero-order chi connectivity index (χ0) is 23.4. The van der Waals surface area contributed by atoms with Gasteiger partial charge in [-0.25, -0.2) is 0 Å². The second kappa shape index (κ2) is 7.93. The molecule has 4 atom stereocenters. The van der Waals surface area contributed by atoms with Crippen LogP contribution in [0.4, 0.5) is 0 Å². The summed E-state index contributed by atoms with van der Waals surface area (Å²) in [6.07, 6.45) is -4.59. The van der Waals surface area contributed by atoms with E-state index in [4.69, 9.17) is 9.47 Å². The zero-order valence-corrected chi connectivity index (χ0v) is 17.7. The number of hydrogen-bond donors (Lipinski definition) is 4. The average molecular weight is 450 g/mol. The summed E-state index contributed by atoms with van der Waals surface area (Å²) in [4.78, 5) is 27.1. The first kappa shape index (κ1) is 21.5. The van der Waals surface area contributed by atoms with E-state index in [-0.39, 0.29) is 40.0 Å². The average Bonchev–Trinajstić information content (AvgIpc) is 2.83. The Morgan fingerprint density at radius 3 is 2.39 bits per heavy atom. The van der Waals surface area contributed by atoms with Gasteiger partial charge in [0.2, 0.25) is 5.78 Å². The minimum absolute atomic E-state index is 0.0716. The molecule has 3 aromatic carbocycles. The van der Waals surface area contributed by atoms with E-state index in [1.165, 1.54) is 7.11 Å². The molecule has 0 radical (unpaired) electrons. The number of ether oxygens (including phenoxy) is 2. The molecule has 8 nitrogen and oxygen atoms in total. The molecule has 1 fully saturated rings. The molecular formula is C25H22O8. The number of phenolic OH excluding ortho intramolecular Hbond substituents is 1. The lowest BCUT2D eigenvalue weighted by molar-refractivity contribution is -0.181. The third-order valence-electron chi connectivity index (χ3n) is 6.47. The van der Waals surface area contributed by atoms with Crippen molar-refractivity contribution in [2.75, 3.05) is 13.7 Å². The predicted octanol–water partition coefficient (Wildman–Crippen LogP) is 1.87. The first-order valence-corrected chi connectivity index (χ1v) is 10.5. The van der Waals surface area contributed by atoms with Crippen LogP contribution in [0, 0.1) is 0 Å². The van der Waals surface area contributed by atoms with E-state index < -0.39 is 48.3 Å². The monoisotopic (exact) mass is 450 g/mol. The number of hydrogen-bond acceptors (Lipinski definition) is 8. The molecule has 33 heavy (non-hydrogen) atoms. The molecule has 0 aromatic heterocycles. The van der Waals surface area contributed by atoms with E-state index in [9.17, 15) is 30.0 Å². The fourth-order valence-electron chi connectivity index (χ4n) is 4.91. The SMILES string of the molecule is COc1cccc2c1C(=O)c1c(O)c([C@H]3C[C@@H](O)[C@H](O)[C@@H](CO)O3)c3ccccc3c1C2=O. The lowest BCUT2D eigenvalue weighted by atomic mass is 9.78. The molecule has 2 aliphatic rings. The van der Waals surface area contributed by atoms with Crippen molar-refractivity contribution < 1.29 is 39.5 Å². The molecule has 3 aromatic rings. The lowest BCUT2D eigenvalue weighted by Crippen LogP contribution is -2.47. The van der Waals surface area contributed by atoms with Crippen LogP contribution in [0.2, 0.25) is 0 Å². The normalized spacial score (nSPS) is 24.5. The van der Waals surface area contributed by atoms with Crippen LogP contribution >= 0.6 is 0 Å². The molecule has 0 amide bonds. The third kappa shape index (κ3) is 3.07. The van der Waals surface area contributed by atoms with Gasteiger partial charge in [-0.05, 0) is 16.8 Å². The van der Waals surface area contributed by atoms with Crippen molar-refractivity contribution in [1.29, 1.82) is 0 Å². The van der Waals surface area contributed by atoms with Crippen LogP contribution in [0.1, 0.15) is 49.9 Å². The van der Waals surface area contributed by atoms with Gasteiger partial charge >= 0.3 is 0 Å². The third-order valence-corrected chi connectivity index (χ3v) is 6.47. The van der Waals surface area contributed by atoms with E-state index in [0.717, 1.165) is 0 Å². The number of ketones is 2. The lowest BCUT2D eigenvalue weighted by Gasteiger charge is -2.37. The molecule has 1 saturated heterocycles. The molecule has 170 valence electrons. The highest BCUT2D eigenvalue weighted by molar-refractivity contribution is 6.34. The summed E-state index contributed by atoms with van der Waals surface area (Å²) in [5.74, 6) is -1.18.